The minimum Gasteiger partial charge on any atom is -0.444 e. The summed E-state index contributed by atoms with van der Waals surface area (Å²) in [4.78, 5) is 22.9. The van der Waals surface area contributed by atoms with Gasteiger partial charge in [0.1, 0.15) is 6.61 Å². The van der Waals surface area contributed by atoms with Gasteiger partial charge in [-0.05, 0) is 6.07 Å². The summed E-state index contributed by atoms with van der Waals surface area (Å²) >= 11 is 0. The maximum atomic E-state index is 11.6. The van der Waals surface area contributed by atoms with Crippen LogP contribution in [0.2, 0.25) is 0 Å². The van der Waals surface area contributed by atoms with E-state index < -0.39 is 6.09 Å². The zero-order valence-corrected chi connectivity index (χ0v) is 10.7. The van der Waals surface area contributed by atoms with Crippen LogP contribution in [0.25, 0.3) is 0 Å². The highest BCUT2D eigenvalue weighted by Crippen LogP contribution is 2.10. The van der Waals surface area contributed by atoms with Crippen LogP contribution in [0.3, 0.4) is 0 Å². The summed E-state index contributed by atoms with van der Waals surface area (Å²) < 4.78 is 5.00. The first-order valence-electron chi connectivity index (χ1n) is 5.45. The van der Waals surface area contributed by atoms with E-state index in [4.69, 9.17) is 4.74 Å². The molecule has 0 fully saturated rings. The maximum Gasteiger partial charge on any atom is 0.422 e. The fourth-order valence-corrected chi connectivity index (χ4v) is 1.36. The van der Waals surface area contributed by atoms with Crippen molar-refractivity contribution in [3.63, 3.8) is 0 Å². The third-order valence-electron chi connectivity index (χ3n) is 2.16. The monoisotopic (exact) mass is 251 g/mol. The molecule has 18 heavy (non-hydrogen) atoms. The van der Waals surface area contributed by atoms with E-state index >= 15 is 0 Å². The number of ether oxygens (including phenoxy) is 1. The van der Waals surface area contributed by atoms with E-state index in [-0.39, 0.29) is 12.5 Å². The average molecular weight is 251 g/mol. The number of carbonyl (C=O) groups is 2. The SMILES string of the molecule is CNC(=O)c1ccccc1COC(=O)NN(C)C. The third kappa shape index (κ3) is 4.06. The number of carbonyl (C=O) groups excluding carboxylic acids is 2. The van der Waals surface area contributed by atoms with Crippen LogP contribution >= 0.6 is 0 Å². The van der Waals surface area contributed by atoms with Crippen LogP contribution in [0.4, 0.5) is 4.79 Å². The Labute approximate surface area is 106 Å². The fourth-order valence-electron chi connectivity index (χ4n) is 1.36. The highest BCUT2D eigenvalue weighted by molar-refractivity contribution is 5.95. The highest BCUT2D eigenvalue weighted by atomic mass is 16.6. The molecule has 0 atom stereocenters. The van der Waals surface area contributed by atoms with Crippen molar-refractivity contribution < 1.29 is 14.3 Å². The quantitative estimate of drug-likeness (QED) is 0.775. The maximum absolute atomic E-state index is 11.6. The van der Waals surface area contributed by atoms with Crippen molar-refractivity contribution in [2.24, 2.45) is 0 Å². The van der Waals surface area contributed by atoms with Crippen molar-refractivity contribution >= 4 is 12.0 Å². The minimum atomic E-state index is -0.563. The Morgan fingerprint density at radius 1 is 1.28 bits per heavy atom. The molecule has 0 saturated heterocycles. The molecule has 0 aromatic heterocycles. The Balaban J connectivity index is 2.67. The predicted molar refractivity (Wildman–Crippen MR) is 66.8 cm³/mol. The molecule has 6 nitrogen and oxygen atoms in total. The molecule has 0 aliphatic carbocycles. The molecule has 98 valence electrons. The Morgan fingerprint density at radius 2 is 1.94 bits per heavy atom. The molecule has 0 unspecified atom stereocenters. The van der Waals surface area contributed by atoms with Crippen molar-refractivity contribution in [3.8, 4) is 0 Å². The lowest BCUT2D eigenvalue weighted by Gasteiger charge is -2.13. The zero-order valence-electron chi connectivity index (χ0n) is 10.7. The highest BCUT2D eigenvalue weighted by Gasteiger charge is 2.11. The van der Waals surface area contributed by atoms with Crippen LogP contribution in [0.15, 0.2) is 24.3 Å². The number of hydrazine groups is 1. The van der Waals surface area contributed by atoms with E-state index in [1.807, 2.05) is 0 Å². The van der Waals surface area contributed by atoms with Crippen LogP contribution in [0.5, 0.6) is 0 Å². The number of amides is 2. The number of rotatable bonds is 4. The summed E-state index contributed by atoms with van der Waals surface area (Å²) in [5.41, 5.74) is 3.60. The lowest BCUT2D eigenvalue weighted by Crippen LogP contribution is -2.36. The van der Waals surface area contributed by atoms with Gasteiger partial charge in [0.2, 0.25) is 0 Å². The molecular weight excluding hydrogens is 234 g/mol. The van der Waals surface area contributed by atoms with E-state index in [0.717, 1.165) is 0 Å². The zero-order chi connectivity index (χ0) is 13.5. The number of hydrogen-bond acceptors (Lipinski definition) is 4. The van der Waals surface area contributed by atoms with Gasteiger partial charge in [0.15, 0.2) is 0 Å². The molecule has 0 aliphatic heterocycles. The second-order valence-electron chi connectivity index (χ2n) is 3.82. The number of hydrogen-bond donors (Lipinski definition) is 2. The second-order valence-corrected chi connectivity index (χ2v) is 3.82. The average Bonchev–Trinajstić information content (AvgIpc) is 2.35. The summed E-state index contributed by atoms with van der Waals surface area (Å²) in [6, 6.07) is 6.97. The van der Waals surface area contributed by atoms with Gasteiger partial charge in [0.05, 0.1) is 0 Å². The first-order chi connectivity index (χ1) is 8.54. The van der Waals surface area contributed by atoms with E-state index in [1.54, 1.807) is 45.4 Å². The standard InChI is InChI=1S/C12H17N3O3/c1-13-11(16)10-7-5-4-6-9(10)8-18-12(17)14-15(2)3/h4-7H,8H2,1-3H3,(H,13,16)(H,14,17). The van der Waals surface area contributed by atoms with Crippen LogP contribution in [0.1, 0.15) is 15.9 Å². The van der Waals surface area contributed by atoms with Gasteiger partial charge in [0.25, 0.3) is 5.91 Å². The van der Waals surface area contributed by atoms with Crippen LogP contribution < -0.4 is 10.7 Å². The van der Waals surface area contributed by atoms with Gasteiger partial charge in [0, 0.05) is 32.3 Å². The second kappa shape index (κ2) is 6.61. The van der Waals surface area contributed by atoms with Crippen LogP contribution in [-0.2, 0) is 11.3 Å². The van der Waals surface area contributed by atoms with E-state index in [2.05, 4.69) is 10.7 Å². The van der Waals surface area contributed by atoms with Crippen molar-refractivity contribution in [1.29, 1.82) is 0 Å². The Kier molecular flexibility index (Phi) is 5.13. The topological polar surface area (TPSA) is 70.7 Å². The van der Waals surface area contributed by atoms with Crippen molar-refractivity contribution in [2.75, 3.05) is 21.1 Å². The number of nitrogens with zero attached hydrogens (tertiary/aromatic N) is 1. The first-order valence-corrected chi connectivity index (χ1v) is 5.45. The van der Waals surface area contributed by atoms with E-state index in [9.17, 15) is 9.59 Å². The molecule has 2 N–H and O–H groups in total. The van der Waals surface area contributed by atoms with E-state index in [1.165, 1.54) is 5.01 Å². The van der Waals surface area contributed by atoms with Gasteiger partial charge >= 0.3 is 6.09 Å². The van der Waals surface area contributed by atoms with Crippen molar-refractivity contribution in [3.05, 3.63) is 35.4 Å². The summed E-state index contributed by atoms with van der Waals surface area (Å²) in [5, 5.41) is 4.02. The molecule has 0 aliphatic rings. The minimum absolute atomic E-state index is 0.0449. The molecule has 1 aromatic rings. The lowest BCUT2D eigenvalue weighted by molar-refractivity contribution is 0.0951. The summed E-state index contributed by atoms with van der Waals surface area (Å²) in [5.74, 6) is -0.206. The lowest BCUT2D eigenvalue weighted by atomic mass is 10.1. The Morgan fingerprint density at radius 3 is 2.56 bits per heavy atom. The van der Waals surface area contributed by atoms with Gasteiger partial charge in [-0.2, -0.15) is 0 Å². The largest absolute Gasteiger partial charge is 0.444 e. The van der Waals surface area contributed by atoms with Gasteiger partial charge in [-0.1, -0.05) is 18.2 Å². The van der Waals surface area contributed by atoms with Crippen LogP contribution in [0, 0.1) is 0 Å². The molecular formula is C12H17N3O3. The summed E-state index contributed by atoms with van der Waals surface area (Å²) in [6.07, 6.45) is -0.563. The Hall–Kier alpha value is -2.08. The molecule has 0 heterocycles. The number of benzene rings is 1. The first kappa shape index (κ1) is 14.0. The third-order valence-corrected chi connectivity index (χ3v) is 2.16. The molecule has 1 aromatic carbocycles. The smallest absolute Gasteiger partial charge is 0.422 e. The molecule has 0 saturated carbocycles. The molecule has 0 bridgehead atoms. The van der Waals surface area contributed by atoms with Gasteiger partial charge in [-0.25, -0.2) is 9.80 Å². The normalized spacial score (nSPS) is 10.0. The predicted octanol–water partition coefficient (Wildman–Crippen LogP) is 0.749. The summed E-state index contributed by atoms with van der Waals surface area (Å²) in [6.45, 7) is 0.0449. The van der Waals surface area contributed by atoms with Crippen molar-refractivity contribution in [2.45, 2.75) is 6.61 Å². The van der Waals surface area contributed by atoms with Crippen LogP contribution in [-0.4, -0.2) is 38.2 Å². The van der Waals surface area contributed by atoms with Gasteiger partial charge in [-0.15, -0.1) is 0 Å². The number of nitrogens with one attached hydrogen (secondary N) is 2. The Bertz CT molecular complexity index is 432. The molecule has 6 heteroatoms. The van der Waals surface area contributed by atoms with Gasteiger partial charge in [-0.3, -0.25) is 10.2 Å². The molecule has 0 spiro atoms. The van der Waals surface area contributed by atoms with Gasteiger partial charge < -0.3 is 10.1 Å². The van der Waals surface area contributed by atoms with Crippen molar-refractivity contribution in [1.82, 2.24) is 15.8 Å². The molecule has 1 rings (SSSR count). The van der Waals surface area contributed by atoms with E-state index in [0.29, 0.717) is 11.1 Å². The summed E-state index contributed by atoms with van der Waals surface area (Å²) in [7, 11) is 4.91. The fraction of sp³-hybridized carbons (Fsp3) is 0.333. The molecule has 2 amide bonds. The molecule has 0 radical (unpaired) electrons.